The van der Waals surface area contributed by atoms with Gasteiger partial charge in [-0.25, -0.2) is 0 Å². The second-order valence-corrected chi connectivity index (χ2v) is 8.71. The van der Waals surface area contributed by atoms with E-state index in [1.54, 1.807) is 19.0 Å². The second kappa shape index (κ2) is 8.94. The van der Waals surface area contributed by atoms with E-state index in [-0.39, 0.29) is 29.7 Å². The van der Waals surface area contributed by atoms with Crippen molar-refractivity contribution in [3.8, 4) is 11.4 Å². The van der Waals surface area contributed by atoms with Crippen LogP contribution in [0.15, 0.2) is 53.1 Å². The molecule has 0 bridgehead atoms. The average molecular weight is 433 g/mol. The molecule has 1 aliphatic carbocycles. The van der Waals surface area contributed by atoms with Gasteiger partial charge in [0.15, 0.2) is 0 Å². The van der Waals surface area contributed by atoms with Crippen LogP contribution in [0.25, 0.3) is 11.4 Å². The van der Waals surface area contributed by atoms with Gasteiger partial charge in [-0.05, 0) is 49.9 Å². The summed E-state index contributed by atoms with van der Waals surface area (Å²) in [4.78, 5) is 31.9. The molecular formula is C25H28N4O3. The van der Waals surface area contributed by atoms with Crippen molar-refractivity contribution in [2.24, 2.45) is 5.92 Å². The Labute approximate surface area is 187 Å². The summed E-state index contributed by atoms with van der Waals surface area (Å²) in [7, 11) is 3.50. The van der Waals surface area contributed by atoms with Crippen LogP contribution in [0.5, 0.6) is 0 Å². The van der Waals surface area contributed by atoms with Crippen molar-refractivity contribution < 1.29 is 14.1 Å². The standard InChI is InChI=1S/C25H28N4O3/c1-15-10-11-18(12-16(15)2)23(30)26-21-14-19(25(31)29(3)4)13-20(21)24-27-22(28-32-24)17-8-6-5-7-9-17/h5-12,19-21H,13-14H2,1-4H3,(H,26,30)/t19-,20-,21+/m1/s1. The summed E-state index contributed by atoms with van der Waals surface area (Å²) in [6.07, 6.45) is 1.08. The van der Waals surface area contributed by atoms with E-state index in [1.165, 1.54) is 0 Å². The maximum atomic E-state index is 13.0. The maximum Gasteiger partial charge on any atom is 0.251 e. The molecule has 32 heavy (non-hydrogen) atoms. The Morgan fingerprint density at radius 2 is 1.78 bits per heavy atom. The van der Waals surface area contributed by atoms with E-state index in [0.29, 0.717) is 30.1 Å². The van der Waals surface area contributed by atoms with Crippen molar-refractivity contribution in [3.05, 3.63) is 71.1 Å². The summed E-state index contributed by atoms with van der Waals surface area (Å²) in [6, 6.07) is 15.0. The first-order chi connectivity index (χ1) is 15.3. The molecule has 1 heterocycles. The minimum absolute atomic E-state index is 0.0423. The fraction of sp³-hybridized carbons (Fsp3) is 0.360. The number of rotatable bonds is 5. The van der Waals surface area contributed by atoms with Crippen LogP contribution in [-0.4, -0.2) is 47.0 Å². The Kier molecular flexibility index (Phi) is 6.08. The van der Waals surface area contributed by atoms with Crippen LogP contribution in [0.4, 0.5) is 0 Å². The van der Waals surface area contributed by atoms with Gasteiger partial charge in [0.1, 0.15) is 0 Å². The van der Waals surface area contributed by atoms with Gasteiger partial charge in [-0.1, -0.05) is 41.6 Å². The third kappa shape index (κ3) is 4.42. The summed E-state index contributed by atoms with van der Waals surface area (Å²) in [5.74, 6) is 0.381. The van der Waals surface area contributed by atoms with Crippen molar-refractivity contribution in [1.29, 1.82) is 0 Å². The molecule has 0 unspecified atom stereocenters. The highest BCUT2D eigenvalue weighted by Crippen LogP contribution is 2.39. The molecule has 0 spiro atoms. The number of carbonyl (C=O) groups excluding carboxylic acids is 2. The van der Waals surface area contributed by atoms with E-state index in [2.05, 4.69) is 15.5 Å². The van der Waals surface area contributed by atoms with Crippen LogP contribution in [0.1, 0.15) is 46.1 Å². The van der Waals surface area contributed by atoms with E-state index >= 15 is 0 Å². The summed E-state index contributed by atoms with van der Waals surface area (Å²) < 4.78 is 5.61. The number of aryl methyl sites for hydroxylation is 2. The monoisotopic (exact) mass is 432 g/mol. The maximum absolute atomic E-state index is 13.0. The highest BCUT2D eigenvalue weighted by molar-refractivity contribution is 5.94. The largest absolute Gasteiger partial charge is 0.349 e. The first-order valence-corrected chi connectivity index (χ1v) is 10.8. The number of carbonyl (C=O) groups is 2. The minimum Gasteiger partial charge on any atom is -0.349 e. The summed E-state index contributed by atoms with van der Waals surface area (Å²) in [6.45, 7) is 4.00. The number of amides is 2. The topological polar surface area (TPSA) is 88.3 Å². The van der Waals surface area contributed by atoms with E-state index in [9.17, 15) is 9.59 Å². The van der Waals surface area contributed by atoms with Crippen LogP contribution < -0.4 is 5.32 Å². The molecule has 7 heteroatoms. The van der Waals surface area contributed by atoms with Crippen LogP contribution in [0, 0.1) is 19.8 Å². The second-order valence-electron chi connectivity index (χ2n) is 8.71. The summed E-state index contributed by atoms with van der Waals surface area (Å²) in [5, 5.41) is 7.26. The van der Waals surface area contributed by atoms with Gasteiger partial charge in [0, 0.05) is 37.2 Å². The lowest BCUT2D eigenvalue weighted by atomic mass is 10.0. The first-order valence-electron chi connectivity index (χ1n) is 10.8. The third-order valence-electron chi connectivity index (χ3n) is 6.23. The average Bonchev–Trinajstić information content (AvgIpc) is 3.43. The fourth-order valence-corrected chi connectivity index (χ4v) is 4.26. The molecule has 1 N–H and O–H groups in total. The molecule has 166 valence electrons. The Hall–Kier alpha value is -3.48. The normalized spacial score (nSPS) is 20.2. The lowest BCUT2D eigenvalue weighted by molar-refractivity contribution is -0.132. The van der Waals surface area contributed by atoms with E-state index in [4.69, 9.17) is 4.52 Å². The number of benzene rings is 2. The molecule has 2 aromatic carbocycles. The predicted octanol–water partition coefficient (Wildman–Crippen LogP) is 3.73. The quantitative estimate of drug-likeness (QED) is 0.664. The molecule has 0 aliphatic heterocycles. The molecule has 1 saturated carbocycles. The van der Waals surface area contributed by atoms with E-state index in [1.807, 2.05) is 62.4 Å². The highest BCUT2D eigenvalue weighted by Gasteiger charge is 2.43. The van der Waals surface area contributed by atoms with Gasteiger partial charge in [0.25, 0.3) is 5.91 Å². The van der Waals surface area contributed by atoms with Gasteiger partial charge in [-0.15, -0.1) is 0 Å². The summed E-state index contributed by atoms with van der Waals surface area (Å²) >= 11 is 0. The van der Waals surface area contributed by atoms with Crippen molar-refractivity contribution in [2.75, 3.05) is 14.1 Å². The molecule has 3 aromatic rings. The smallest absolute Gasteiger partial charge is 0.251 e. The molecule has 0 saturated heterocycles. The van der Waals surface area contributed by atoms with Gasteiger partial charge in [0.2, 0.25) is 17.6 Å². The zero-order valence-electron chi connectivity index (χ0n) is 18.8. The van der Waals surface area contributed by atoms with Gasteiger partial charge in [-0.2, -0.15) is 4.98 Å². The lowest BCUT2D eigenvalue weighted by Gasteiger charge is -2.18. The summed E-state index contributed by atoms with van der Waals surface area (Å²) in [5.41, 5.74) is 3.66. The number of nitrogens with zero attached hydrogens (tertiary/aromatic N) is 3. The number of hydrogen-bond donors (Lipinski definition) is 1. The number of nitrogens with one attached hydrogen (secondary N) is 1. The van der Waals surface area contributed by atoms with Crippen LogP contribution in [0.3, 0.4) is 0 Å². The zero-order valence-corrected chi connectivity index (χ0v) is 18.8. The van der Waals surface area contributed by atoms with Gasteiger partial charge in [-0.3, -0.25) is 9.59 Å². The predicted molar refractivity (Wildman–Crippen MR) is 121 cm³/mol. The lowest BCUT2D eigenvalue weighted by Crippen LogP contribution is -2.37. The van der Waals surface area contributed by atoms with E-state index in [0.717, 1.165) is 16.7 Å². The zero-order chi connectivity index (χ0) is 22.8. The van der Waals surface area contributed by atoms with E-state index < -0.39 is 0 Å². The third-order valence-corrected chi connectivity index (χ3v) is 6.23. The SMILES string of the molecule is Cc1ccc(C(=O)N[C@H]2C[C@H](C(=O)N(C)C)C[C@H]2c2nc(-c3ccccc3)no2)cc1C. The molecule has 1 aromatic heterocycles. The van der Waals surface area contributed by atoms with Crippen LogP contribution >= 0.6 is 0 Å². The first kappa shape index (κ1) is 21.7. The number of aromatic nitrogens is 2. The Bertz CT molecular complexity index is 1120. The Balaban J connectivity index is 1.59. The molecule has 7 nitrogen and oxygen atoms in total. The molecule has 2 amide bonds. The highest BCUT2D eigenvalue weighted by atomic mass is 16.5. The molecular weight excluding hydrogens is 404 g/mol. The van der Waals surface area contributed by atoms with Gasteiger partial charge < -0.3 is 14.7 Å². The van der Waals surface area contributed by atoms with Crippen LogP contribution in [0.2, 0.25) is 0 Å². The van der Waals surface area contributed by atoms with Crippen LogP contribution in [-0.2, 0) is 4.79 Å². The molecule has 3 atom stereocenters. The fourth-order valence-electron chi connectivity index (χ4n) is 4.26. The molecule has 1 aliphatic rings. The number of hydrogen-bond acceptors (Lipinski definition) is 5. The van der Waals surface area contributed by atoms with Crippen molar-refractivity contribution in [1.82, 2.24) is 20.4 Å². The van der Waals surface area contributed by atoms with Gasteiger partial charge in [0.05, 0.1) is 5.92 Å². The minimum atomic E-state index is -0.276. The molecule has 4 rings (SSSR count). The van der Waals surface area contributed by atoms with Crippen molar-refractivity contribution >= 4 is 11.8 Å². The van der Waals surface area contributed by atoms with Gasteiger partial charge >= 0.3 is 0 Å². The van der Waals surface area contributed by atoms with Crippen molar-refractivity contribution in [3.63, 3.8) is 0 Å². The Morgan fingerprint density at radius 1 is 1.03 bits per heavy atom. The molecule has 1 fully saturated rings. The van der Waals surface area contributed by atoms with Crippen molar-refractivity contribution in [2.45, 2.75) is 38.6 Å². The Morgan fingerprint density at radius 3 is 2.47 bits per heavy atom. The molecule has 0 radical (unpaired) electrons.